The van der Waals surface area contributed by atoms with Crippen LogP contribution in [0.3, 0.4) is 0 Å². The zero-order valence-electron chi connectivity index (χ0n) is 15.1. The Kier molecular flexibility index (Phi) is 5.56. The maximum absolute atomic E-state index is 12.3. The summed E-state index contributed by atoms with van der Waals surface area (Å²) in [6.07, 6.45) is 5.97. The number of hydrogen-bond acceptors (Lipinski definition) is 3. The van der Waals surface area contributed by atoms with E-state index in [2.05, 4.69) is 33.0 Å². The number of carbonyl (C=O) groups is 1. The minimum atomic E-state index is -0.0383. The predicted molar refractivity (Wildman–Crippen MR) is 106 cm³/mol. The lowest BCUT2D eigenvalue weighted by Crippen LogP contribution is -2.57. The number of piperidine rings is 2. The van der Waals surface area contributed by atoms with Gasteiger partial charge in [0.05, 0.1) is 0 Å². The molecule has 0 saturated carbocycles. The Labute approximate surface area is 159 Å². The molecule has 2 atom stereocenters. The van der Waals surface area contributed by atoms with E-state index in [1.165, 1.54) is 24.1 Å². The summed E-state index contributed by atoms with van der Waals surface area (Å²) >= 11 is 1.85. The minimum Gasteiger partial charge on any atom is -0.335 e. The highest BCUT2D eigenvalue weighted by molar-refractivity contribution is 7.09. The maximum atomic E-state index is 12.3. The molecule has 0 radical (unpaired) electrons. The molecule has 5 heteroatoms. The Morgan fingerprint density at radius 3 is 2.54 bits per heavy atom. The van der Waals surface area contributed by atoms with Crippen LogP contribution in [-0.2, 0) is 13.1 Å². The van der Waals surface area contributed by atoms with Gasteiger partial charge in [0, 0.05) is 36.1 Å². The van der Waals surface area contributed by atoms with Gasteiger partial charge in [0.25, 0.3) is 0 Å². The Hall–Kier alpha value is -1.85. The summed E-state index contributed by atoms with van der Waals surface area (Å²) in [7, 11) is 0. The summed E-state index contributed by atoms with van der Waals surface area (Å²) in [6.45, 7) is 1.65. The van der Waals surface area contributed by atoms with Crippen molar-refractivity contribution in [1.29, 1.82) is 0 Å². The first kappa shape index (κ1) is 17.6. The van der Waals surface area contributed by atoms with Gasteiger partial charge in [-0.15, -0.1) is 11.3 Å². The monoisotopic (exact) mass is 369 g/mol. The first-order valence-corrected chi connectivity index (χ1v) is 10.5. The van der Waals surface area contributed by atoms with Crippen LogP contribution in [0.2, 0.25) is 0 Å². The Morgan fingerprint density at radius 2 is 1.85 bits per heavy atom. The van der Waals surface area contributed by atoms with E-state index < -0.39 is 0 Å². The summed E-state index contributed by atoms with van der Waals surface area (Å²) in [4.78, 5) is 16.5. The lowest BCUT2D eigenvalue weighted by atomic mass is 9.81. The van der Waals surface area contributed by atoms with Crippen LogP contribution in [0.1, 0.15) is 42.5 Å². The van der Waals surface area contributed by atoms with Gasteiger partial charge < -0.3 is 10.6 Å². The van der Waals surface area contributed by atoms with Gasteiger partial charge >= 0.3 is 6.03 Å². The number of rotatable bonds is 5. The fraction of sp³-hybridized carbons (Fsp3) is 0.476. The summed E-state index contributed by atoms with van der Waals surface area (Å²) in [5, 5.41) is 8.38. The number of fused-ring (bicyclic) bond motifs is 2. The van der Waals surface area contributed by atoms with E-state index in [4.69, 9.17) is 0 Å². The van der Waals surface area contributed by atoms with Crippen molar-refractivity contribution < 1.29 is 4.79 Å². The Balaban J connectivity index is 1.30. The minimum absolute atomic E-state index is 0.0383. The number of nitrogens with zero attached hydrogens (tertiary/aromatic N) is 1. The van der Waals surface area contributed by atoms with E-state index in [9.17, 15) is 4.79 Å². The van der Waals surface area contributed by atoms with Gasteiger partial charge in [0.15, 0.2) is 0 Å². The van der Waals surface area contributed by atoms with Crippen LogP contribution in [0.15, 0.2) is 47.8 Å². The third kappa shape index (κ3) is 4.27. The van der Waals surface area contributed by atoms with Gasteiger partial charge in [-0.25, -0.2) is 4.79 Å². The third-order valence-electron chi connectivity index (χ3n) is 5.68. The smallest absolute Gasteiger partial charge is 0.315 e. The van der Waals surface area contributed by atoms with Crippen LogP contribution in [0, 0.1) is 0 Å². The number of nitrogens with one attached hydrogen (secondary N) is 2. The molecule has 0 aliphatic carbocycles. The van der Waals surface area contributed by atoms with Crippen LogP contribution >= 0.6 is 11.3 Å². The second kappa shape index (κ2) is 8.23. The number of benzene rings is 1. The molecule has 2 aromatic rings. The lowest BCUT2D eigenvalue weighted by Gasteiger charge is -2.49. The highest BCUT2D eigenvalue weighted by atomic mass is 32.1. The van der Waals surface area contributed by atoms with Crippen LogP contribution in [0.5, 0.6) is 0 Å². The molecule has 2 unspecified atom stereocenters. The van der Waals surface area contributed by atoms with Crippen molar-refractivity contribution in [2.45, 2.75) is 63.3 Å². The van der Waals surface area contributed by atoms with Gasteiger partial charge in [-0.2, -0.15) is 0 Å². The molecule has 4 nitrogen and oxygen atoms in total. The fourth-order valence-corrected chi connectivity index (χ4v) is 5.16. The molecule has 0 spiro atoms. The largest absolute Gasteiger partial charge is 0.335 e. The SMILES string of the molecule is O=C(NCc1ccccc1)NC1CC2CCCC(C1)N2Cc1cccs1. The van der Waals surface area contributed by atoms with Crippen molar-refractivity contribution >= 4 is 17.4 Å². The summed E-state index contributed by atoms with van der Waals surface area (Å²) in [5.74, 6) is 0. The van der Waals surface area contributed by atoms with Crippen molar-refractivity contribution in [2.75, 3.05) is 0 Å². The zero-order chi connectivity index (χ0) is 17.8. The molecular weight excluding hydrogens is 342 g/mol. The van der Waals surface area contributed by atoms with Crippen LogP contribution in [-0.4, -0.2) is 29.1 Å². The maximum Gasteiger partial charge on any atom is 0.315 e. The third-order valence-corrected chi connectivity index (χ3v) is 6.54. The van der Waals surface area contributed by atoms with Crippen molar-refractivity contribution in [2.24, 2.45) is 0 Å². The molecular formula is C21H27N3OS. The molecule has 2 aliphatic rings. The van der Waals surface area contributed by atoms with Gasteiger partial charge in [0.2, 0.25) is 0 Å². The van der Waals surface area contributed by atoms with Crippen molar-refractivity contribution in [3.63, 3.8) is 0 Å². The molecule has 26 heavy (non-hydrogen) atoms. The second-order valence-electron chi connectivity index (χ2n) is 7.47. The number of hydrogen-bond donors (Lipinski definition) is 2. The van der Waals surface area contributed by atoms with E-state index in [1.807, 2.05) is 41.7 Å². The van der Waals surface area contributed by atoms with E-state index in [0.29, 0.717) is 24.7 Å². The van der Waals surface area contributed by atoms with Gasteiger partial charge in [-0.3, -0.25) is 4.90 Å². The topological polar surface area (TPSA) is 44.4 Å². The molecule has 4 rings (SSSR count). The standard InChI is InChI=1S/C21H27N3OS/c25-21(22-14-16-6-2-1-3-7-16)23-17-12-18-8-4-9-19(13-17)24(18)15-20-10-5-11-26-20/h1-3,5-7,10-11,17-19H,4,8-9,12-15H2,(H2,22,23,25). The molecule has 2 fully saturated rings. The molecule has 1 aromatic heterocycles. The van der Waals surface area contributed by atoms with E-state index in [1.54, 1.807) is 0 Å². The van der Waals surface area contributed by atoms with Crippen LogP contribution in [0.25, 0.3) is 0 Å². The molecule has 1 aromatic carbocycles. The quantitative estimate of drug-likeness (QED) is 0.832. The number of carbonyl (C=O) groups excluding carboxylic acids is 1. The number of urea groups is 1. The molecule has 2 N–H and O–H groups in total. The highest BCUT2D eigenvalue weighted by Gasteiger charge is 2.38. The van der Waals surface area contributed by atoms with E-state index >= 15 is 0 Å². The van der Waals surface area contributed by atoms with Crippen molar-refractivity contribution in [3.05, 3.63) is 58.3 Å². The highest BCUT2D eigenvalue weighted by Crippen LogP contribution is 2.35. The predicted octanol–water partition coefficient (Wildman–Crippen LogP) is 4.13. The first-order valence-electron chi connectivity index (χ1n) is 9.64. The molecule has 2 saturated heterocycles. The van der Waals surface area contributed by atoms with Crippen LogP contribution < -0.4 is 10.6 Å². The van der Waals surface area contributed by atoms with E-state index in [0.717, 1.165) is 24.9 Å². The van der Waals surface area contributed by atoms with Gasteiger partial charge in [0.1, 0.15) is 0 Å². The van der Waals surface area contributed by atoms with Crippen LogP contribution in [0.4, 0.5) is 4.79 Å². The average Bonchev–Trinajstić information content (AvgIpc) is 3.15. The fourth-order valence-electron chi connectivity index (χ4n) is 4.45. The molecule has 138 valence electrons. The zero-order valence-corrected chi connectivity index (χ0v) is 15.9. The molecule has 2 amide bonds. The normalized spacial score (nSPS) is 25.6. The Bertz CT molecular complexity index is 689. The summed E-state index contributed by atoms with van der Waals surface area (Å²) in [6, 6.07) is 15.9. The van der Waals surface area contributed by atoms with Crippen molar-refractivity contribution in [1.82, 2.24) is 15.5 Å². The van der Waals surface area contributed by atoms with E-state index in [-0.39, 0.29) is 6.03 Å². The molecule has 2 bridgehead atoms. The van der Waals surface area contributed by atoms with Gasteiger partial charge in [-0.1, -0.05) is 42.8 Å². The summed E-state index contributed by atoms with van der Waals surface area (Å²) in [5.41, 5.74) is 1.13. The first-order chi connectivity index (χ1) is 12.8. The number of thiophene rings is 1. The molecule has 2 aliphatic heterocycles. The van der Waals surface area contributed by atoms with Crippen molar-refractivity contribution in [3.8, 4) is 0 Å². The second-order valence-corrected chi connectivity index (χ2v) is 8.50. The average molecular weight is 370 g/mol. The van der Waals surface area contributed by atoms with Gasteiger partial charge in [-0.05, 0) is 42.7 Å². The number of amides is 2. The molecule has 3 heterocycles. The lowest BCUT2D eigenvalue weighted by molar-refractivity contribution is 0.0205. The summed E-state index contributed by atoms with van der Waals surface area (Å²) < 4.78 is 0. The Morgan fingerprint density at radius 1 is 1.08 bits per heavy atom.